The Morgan fingerprint density at radius 3 is 2.92 bits per heavy atom. The molecule has 24 heavy (non-hydrogen) atoms. The Kier molecular flexibility index (Phi) is 4.06. The first kappa shape index (κ1) is 15.3. The molecule has 1 fully saturated rings. The van der Waals surface area contributed by atoms with Crippen molar-refractivity contribution in [1.82, 2.24) is 24.6 Å². The summed E-state index contributed by atoms with van der Waals surface area (Å²) in [6, 6.07) is 8.35. The van der Waals surface area contributed by atoms with E-state index in [9.17, 15) is 0 Å². The second-order valence-corrected chi connectivity index (χ2v) is 6.55. The highest BCUT2D eigenvalue weighted by atomic mass is 16.5. The molecule has 3 heterocycles. The van der Waals surface area contributed by atoms with Gasteiger partial charge in [-0.1, -0.05) is 24.2 Å². The normalized spacial score (nSPS) is 19.2. The van der Waals surface area contributed by atoms with Crippen molar-refractivity contribution in [3.63, 3.8) is 0 Å². The summed E-state index contributed by atoms with van der Waals surface area (Å²) >= 11 is 0. The van der Waals surface area contributed by atoms with Gasteiger partial charge in [0.25, 0.3) is 0 Å². The summed E-state index contributed by atoms with van der Waals surface area (Å²) in [6.45, 7) is 4.85. The minimum Gasteiger partial charge on any atom is -0.339 e. The monoisotopic (exact) mass is 325 g/mol. The highest BCUT2D eigenvalue weighted by Crippen LogP contribution is 2.29. The number of hydrogen-bond acceptors (Lipinski definition) is 5. The van der Waals surface area contributed by atoms with Gasteiger partial charge in [0.15, 0.2) is 5.82 Å². The van der Waals surface area contributed by atoms with Gasteiger partial charge in [0.05, 0.1) is 17.6 Å². The summed E-state index contributed by atoms with van der Waals surface area (Å²) in [7, 11) is 2.12. The maximum atomic E-state index is 5.22. The molecule has 0 saturated carbocycles. The highest BCUT2D eigenvalue weighted by molar-refractivity contribution is 5.75. The van der Waals surface area contributed by atoms with E-state index in [4.69, 9.17) is 9.51 Å². The maximum Gasteiger partial charge on any atom is 0.226 e. The van der Waals surface area contributed by atoms with Gasteiger partial charge >= 0.3 is 0 Å². The van der Waals surface area contributed by atoms with Gasteiger partial charge in [0.2, 0.25) is 5.89 Å². The molecule has 0 amide bonds. The lowest BCUT2D eigenvalue weighted by Gasteiger charge is -2.31. The second-order valence-electron chi connectivity index (χ2n) is 6.55. The molecule has 6 nitrogen and oxygen atoms in total. The van der Waals surface area contributed by atoms with Crippen molar-refractivity contribution in [1.29, 1.82) is 0 Å². The Bertz CT molecular complexity index is 837. The molecular weight excluding hydrogens is 302 g/mol. The average Bonchev–Trinajstić information content (AvgIpc) is 3.20. The Morgan fingerprint density at radius 1 is 1.25 bits per heavy atom. The van der Waals surface area contributed by atoms with E-state index in [1.807, 2.05) is 13.0 Å². The third-order valence-corrected chi connectivity index (χ3v) is 4.87. The molecule has 1 aliphatic rings. The van der Waals surface area contributed by atoms with Crippen LogP contribution in [0.5, 0.6) is 0 Å². The fourth-order valence-corrected chi connectivity index (χ4v) is 3.64. The standard InChI is InChI=1S/C18H23N5O/c1-3-17-20-16(21-24-17)12-23-10-6-7-13(11-23)18-19-14-8-4-5-9-15(14)22(18)2/h4-5,8-9,13H,3,6-7,10-12H2,1-2H3. The van der Waals surface area contributed by atoms with Crippen LogP contribution < -0.4 is 0 Å². The number of hydrogen-bond donors (Lipinski definition) is 0. The molecule has 126 valence electrons. The van der Waals surface area contributed by atoms with Crippen molar-refractivity contribution in [3.8, 4) is 0 Å². The lowest BCUT2D eigenvalue weighted by Crippen LogP contribution is -2.35. The molecule has 1 saturated heterocycles. The summed E-state index contributed by atoms with van der Waals surface area (Å²) in [5, 5.41) is 4.08. The molecule has 0 bridgehead atoms. The summed E-state index contributed by atoms with van der Waals surface area (Å²) in [6.07, 6.45) is 3.14. The third kappa shape index (κ3) is 2.82. The first-order valence-corrected chi connectivity index (χ1v) is 8.69. The molecule has 0 N–H and O–H groups in total. The minimum absolute atomic E-state index is 0.452. The van der Waals surface area contributed by atoms with Crippen LogP contribution in [0, 0.1) is 0 Å². The van der Waals surface area contributed by atoms with Gasteiger partial charge in [-0.25, -0.2) is 4.98 Å². The van der Waals surface area contributed by atoms with Gasteiger partial charge in [0.1, 0.15) is 5.82 Å². The molecule has 6 heteroatoms. The van der Waals surface area contributed by atoms with Crippen LogP contribution in [0.3, 0.4) is 0 Å². The Morgan fingerprint density at radius 2 is 2.12 bits per heavy atom. The van der Waals surface area contributed by atoms with Crippen LogP contribution in [0.15, 0.2) is 28.8 Å². The number of aryl methyl sites for hydroxylation is 2. The van der Waals surface area contributed by atoms with Crippen molar-refractivity contribution in [2.75, 3.05) is 13.1 Å². The van der Waals surface area contributed by atoms with E-state index in [1.165, 1.54) is 24.2 Å². The second kappa shape index (κ2) is 6.36. The third-order valence-electron chi connectivity index (χ3n) is 4.87. The zero-order valence-electron chi connectivity index (χ0n) is 14.3. The summed E-state index contributed by atoms with van der Waals surface area (Å²) in [5.41, 5.74) is 2.29. The highest BCUT2D eigenvalue weighted by Gasteiger charge is 2.26. The first-order chi connectivity index (χ1) is 11.7. The van der Waals surface area contributed by atoms with Gasteiger partial charge in [-0.15, -0.1) is 0 Å². The molecule has 3 aromatic rings. The Labute approximate surface area is 141 Å². The molecule has 1 aliphatic heterocycles. The molecule has 1 unspecified atom stereocenters. The van der Waals surface area contributed by atoms with Gasteiger partial charge in [-0.05, 0) is 31.5 Å². The Balaban J connectivity index is 1.52. The van der Waals surface area contributed by atoms with E-state index in [0.29, 0.717) is 11.8 Å². The Hall–Kier alpha value is -2.21. The van der Waals surface area contributed by atoms with Gasteiger partial charge in [-0.2, -0.15) is 4.98 Å². The topological polar surface area (TPSA) is 60.0 Å². The van der Waals surface area contributed by atoms with Crippen LogP contribution in [-0.4, -0.2) is 37.7 Å². The van der Waals surface area contributed by atoms with Crippen molar-refractivity contribution >= 4 is 11.0 Å². The quantitative estimate of drug-likeness (QED) is 0.738. The van der Waals surface area contributed by atoms with Gasteiger partial charge < -0.3 is 9.09 Å². The number of fused-ring (bicyclic) bond motifs is 1. The van der Waals surface area contributed by atoms with E-state index in [0.717, 1.165) is 37.4 Å². The molecule has 2 aromatic heterocycles. The van der Waals surface area contributed by atoms with Crippen LogP contribution in [0.1, 0.15) is 43.2 Å². The van der Waals surface area contributed by atoms with Crippen molar-refractivity contribution < 1.29 is 4.52 Å². The molecule has 1 aromatic carbocycles. The number of benzene rings is 1. The van der Waals surface area contributed by atoms with Crippen molar-refractivity contribution in [2.45, 2.75) is 38.6 Å². The number of aromatic nitrogens is 4. The fourth-order valence-electron chi connectivity index (χ4n) is 3.64. The molecule has 0 radical (unpaired) electrons. The number of likely N-dealkylation sites (tertiary alicyclic amines) is 1. The number of para-hydroxylation sites is 2. The van der Waals surface area contributed by atoms with Crippen molar-refractivity contribution in [3.05, 3.63) is 41.8 Å². The summed E-state index contributed by atoms with van der Waals surface area (Å²) < 4.78 is 7.46. The lowest BCUT2D eigenvalue weighted by molar-refractivity contribution is 0.189. The van der Waals surface area contributed by atoms with E-state index in [2.05, 4.69) is 44.9 Å². The summed E-state index contributed by atoms with van der Waals surface area (Å²) in [4.78, 5) is 11.7. The SMILES string of the molecule is CCc1nc(CN2CCCC(c3nc4ccccc4n3C)C2)no1. The predicted octanol–water partition coefficient (Wildman–Crippen LogP) is 2.90. The lowest BCUT2D eigenvalue weighted by atomic mass is 9.97. The molecule has 1 atom stereocenters. The zero-order valence-corrected chi connectivity index (χ0v) is 14.3. The maximum absolute atomic E-state index is 5.22. The number of piperidine rings is 1. The number of nitrogens with zero attached hydrogens (tertiary/aromatic N) is 5. The molecular formula is C18H23N5O. The summed E-state index contributed by atoms with van der Waals surface area (Å²) in [5.74, 6) is 3.14. The number of rotatable bonds is 4. The van der Waals surface area contributed by atoms with E-state index in [-0.39, 0.29) is 0 Å². The minimum atomic E-state index is 0.452. The first-order valence-electron chi connectivity index (χ1n) is 8.69. The van der Waals surface area contributed by atoms with Crippen LogP contribution >= 0.6 is 0 Å². The van der Waals surface area contributed by atoms with Gasteiger partial charge in [-0.3, -0.25) is 4.90 Å². The molecule has 0 aliphatic carbocycles. The average molecular weight is 325 g/mol. The zero-order chi connectivity index (χ0) is 16.5. The largest absolute Gasteiger partial charge is 0.339 e. The van der Waals surface area contributed by atoms with Crippen LogP contribution in [0.4, 0.5) is 0 Å². The predicted molar refractivity (Wildman–Crippen MR) is 91.6 cm³/mol. The van der Waals surface area contributed by atoms with E-state index in [1.54, 1.807) is 0 Å². The van der Waals surface area contributed by atoms with Crippen LogP contribution in [0.25, 0.3) is 11.0 Å². The fraction of sp³-hybridized carbons (Fsp3) is 0.500. The molecule has 0 spiro atoms. The van der Waals surface area contributed by atoms with E-state index >= 15 is 0 Å². The van der Waals surface area contributed by atoms with E-state index < -0.39 is 0 Å². The van der Waals surface area contributed by atoms with Crippen LogP contribution in [0.2, 0.25) is 0 Å². The number of imidazole rings is 1. The van der Waals surface area contributed by atoms with Crippen molar-refractivity contribution in [2.24, 2.45) is 7.05 Å². The molecule has 4 rings (SSSR count). The van der Waals surface area contributed by atoms with Crippen LogP contribution in [-0.2, 0) is 20.0 Å². The van der Waals surface area contributed by atoms with Gasteiger partial charge in [0, 0.05) is 25.9 Å². The smallest absolute Gasteiger partial charge is 0.226 e.